The molecular formula is C13H22O2. The van der Waals surface area contributed by atoms with Crippen LogP contribution in [0.4, 0.5) is 0 Å². The third-order valence-corrected chi connectivity index (χ3v) is 2.06. The maximum atomic E-state index is 10.7. The summed E-state index contributed by atoms with van der Waals surface area (Å²) in [6.07, 6.45) is 5.50. The molecule has 1 N–H and O–H groups in total. The monoisotopic (exact) mass is 210 g/mol. The van der Waals surface area contributed by atoms with E-state index in [9.17, 15) is 9.90 Å². The second kappa shape index (κ2) is 7.41. The van der Waals surface area contributed by atoms with Crippen LogP contribution in [-0.4, -0.2) is 17.0 Å². The molecule has 1 unspecified atom stereocenters. The fraction of sp³-hybridized carbons (Fsp3) is 0.615. The number of allylic oxidation sites excluding steroid dienone is 3. The molecule has 0 amide bonds. The second-order valence-corrected chi connectivity index (χ2v) is 4.31. The van der Waals surface area contributed by atoms with Gasteiger partial charge in [-0.2, -0.15) is 0 Å². The Morgan fingerprint density at radius 1 is 1.27 bits per heavy atom. The highest BCUT2D eigenvalue weighted by molar-refractivity contribution is 5.76. The lowest BCUT2D eigenvalue weighted by atomic mass is 10.1. The zero-order valence-electron chi connectivity index (χ0n) is 10.2. The molecule has 2 heteroatoms. The summed E-state index contributed by atoms with van der Waals surface area (Å²) in [6, 6.07) is 0. The average molecular weight is 210 g/mol. The predicted molar refractivity (Wildman–Crippen MR) is 63.7 cm³/mol. The number of rotatable bonds is 6. The van der Waals surface area contributed by atoms with Gasteiger partial charge in [-0.25, -0.2) is 0 Å². The molecule has 0 bridgehead atoms. The van der Waals surface area contributed by atoms with E-state index < -0.39 is 6.10 Å². The Hall–Kier alpha value is -0.890. The third-order valence-electron chi connectivity index (χ3n) is 2.06. The van der Waals surface area contributed by atoms with Crippen molar-refractivity contribution < 1.29 is 9.90 Å². The van der Waals surface area contributed by atoms with Gasteiger partial charge in [0.15, 0.2) is 0 Å². The number of aliphatic hydroxyl groups is 1. The molecule has 0 aromatic heterocycles. The molecule has 0 aliphatic carbocycles. The summed E-state index contributed by atoms with van der Waals surface area (Å²) < 4.78 is 0. The zero-order chi connectivity index (χ0) is 11.8. The van der Waals surface area contributed by atoms with Gasteiger partial charge in [-0.1, -0.05) is 23.3 Å². The minimum atomic E-state index is -0.616. The lowest BCUT2D eigenvalue weighted by Gasteiger charge is -2.05. The minimum Gasteiger partial charge on any atom is -0.389 e. The highest BCUT2D eigenvalue weighted by Gasteiger charge is 2.03. The van der Waals surface area contributed by atoms with E-state index in [1.165, 1.54) is 12.5 Å². The summed E-state index contributed by atoms with van der Waals surface area (Å²) in [5, 5.41) is 9.49. The third kappa shape index (κ3) is 9.42. The molecule has 86 valence electrons. The molecular weight excluding hydrogens is 188 g/mol. The average Bonchev–Trinajstić information content (AvgIpc) is 2.00. The van der Waals surface area contributed by atoms with Crippen molar-refractivity contribution in [1.29, 1.82) is 0 Å². The van der Waals surface area contributed by atoms with Gasteiger partial charge in [0.1, 0.15) is 5.78 Å². The fourth-order valence-electron chi connectivity index (χ4n) is 1.35. The number of hydrogen-bond donors (Lipinski definition) is 1. The lowest BCUT2D eigenvalue weighted by molar-refractivity contribution is -0.118. The van der Waals surface area contributed by atoms with Crippen LogP contribution in [-0.2, 0) is 4.79 Å². The first-order valence-corrected chi connectivity index (χ1v) is 5.40. The van der Waals surface area contributed by atoms with Gasteiger partial charge in [-0.15, -0.1) is 0 Å². The van der Waals surface area contributed by atoms with E-state index in [4.69, 9.17) is 0 Å². The Morgan fingerprint density at radius 2 is 1.87 bits per heavy atom. The molecule has 2 nitrogen and oxygen atoms in total. The SMILES string of the molecule is CC(=O)CC(O)C=C(C)CCC=C(C)C. The van der Waals surface area contributed by atoms with E-state index >= 15 is 0 Å². The van der Waals surface area contributed by atoms with Crippen LogP contribution in [0.1, 0.15) is 47.0 Å². The predicted octanol–water partition coefficient (Wildman–Crippen LogP) is 3.02. The number of aliphatic hydroxyl groups excluding tert-OH is 1. The fourth-order valence-corrected chi connectivity index (χ4v) is 1.35. The van der Waals surface area contributed by atoms with Crippen molar-refractivity contribution >= 4 is 5.78 Å². The normalized spacial score (nSPS) is 13.5. The first kappa shape index (κ1) is 14.1. The zero-order valence-corrected chi connectivity index (χ0v) is 10.2. The second-order valence-electron chi connectivity index (χ2n) is 4.31. The van der Waals surface area contributed by atoms with E-state index in [1.807, 2.05) is 6.92 Å². The molecule has 0 fully saturated rings. The molecule has 0 aliphatic rings. The van der Waals surface area contributed by atoms with Crippen molar-refractivity contribution in [1.82, 2.24) is 0 Å². The van der Waals surface area contributed by atoms with E-state index in [0.29, 0.717) is 0 Å². The summed E-state index contributed by atoms with van der Waals surface area (Å²) in [4.78, 5) is 10.7. The van der Waals surface area contributed by atoms with Crippen LogP contribution in [0.3, 0.4) is 0 Å². The van der Waals surface area contributed by atoms with Crippen molar-refractivity contribution in [3.8, 4) is 0 Å². The van der Waals surface area contributed by atoms with Crippen LogP contribution in [0, 0.1) is 0 Å². The summed E-state index contributed by atoms with van der Waals surface area (Å²) in [7, 11) is 0. The van der Waals surface area contributed by atoms with Crippen LogP contribution in [0.25, 0.3) is 0 Å². The van der Waals surface area contributed by atoms with Gasteiger partial charge in [-0.3, -0.25) is 4.79 Å². The maximum absolute atomic E-state index is 10.7. The Morgan fingerprint density at radius 3 is 2.33 bits per heavy atom. The van der Waals surface area contributed by atoms with E-state index in [0.717, 1.165) is 18.4 Å². The summed E-state index contributed by atoms with van der Waals surface area (Å²) in [6.45, 7) is 7.63. The van der Waals surface area contributed by atoms with Gasteiger partial charge < -0.3 is 5.11 Å². The molecule has 0 saturated heterocycles. The van der Waals surface area contributed by atoms with Crippen LogP contribution >= 0.6 is 0 Å². The van der Waals surface area contributed by atoms with E-state index in [-0.39, 0.29) is 12.2 Å². The quantitative estimate of drug-likeness (QED) is 0.684. The van der Waals surface area contributed by atoms with Gasteiger partial charge in [0.2, 0.25) is 0 Å². The van der Waals surface area contributed by atoms with Crippen LogP contribution in [0.15, 0.2) is 23.3 Å². The Bertz CT molecular complexity index is 258. The van der Waals surface area contributed by atoms with Crippen molar-refractivity contribution in [3.05, 3.63) is 23.3 Å². The van der Waals surface area contributed by atoms with E-state index in [2.05, 4.69) is 19.9 Å². The molecule has 0 aliphatic heterocycles. The van der Waals surface area contributed by atoms with E-state index in [1.54, 1.807) is 6.08 Å². The number of carbonyl (C=O) groups is 1. The first-order chi connectivity index (χ1) is 6.91. The first-order valence-electron chi connectivity index (χ1n) is 5.40. The number of Topliss-reactive ketones (excluding diaryl/α,β-unsaturated/α-hetero) is 1. The van der Waals surface area contributed by atoms with Crippen LogP contribution in [0.2, 0.25) is 0 Å². The molecule has 0 radical (unpaired) electrons. The molecule has 0 aromatic carbocycles. The number of hydrogen-bond acceptors (Lipinski definition) is 2. The molecule has 0 rings (SSSR count). The van der Waals surface area contributed by atoms with Crippen molar-refractivity contribution in [2.45, 2.75) is 53.1 Å². The molecule has 0 aromatic rings. The molecule has 0 heterocycles. The Balaban J connectivity index is 3.97. The lowest BCUT2D eigenvalue weighted by Crippen LogP contribution is -2.08. The minimum absolute atomic E-state index is 0.0239. The van der Waals surface area contributed by atoms with Crippen LogP contribution < -0.4 is 0 Å². The maximum Gasteiger partial charge on any atom is 0.132 e. The smallest absolute Gasteiger partial charge is 0.132 e. The number of carbonyl (C=O) groups excluding carboxylic acids is 1. The molecule has 15 heavy (non-hydrogen) atoms. The summed E-state index contributed by atoms with van der Waals surface area (Å²) in [5.41, 5.74) is 2.45. The van der Waals surface area contributed by atoms with Crippen molar-refractivity contribution in [3.63, 3.8) is 0 Å². The summed E-state index contributed by atoms with van der Waals surface area (Å²) in [5.74, 6) is 0.0239. The molecule has 0 saturated carbocycles. The largest absolute Gasteiger partial charge is 0.389 e. The molecule has 1 atom stereocenters. The molecule has 0 spiro atoms. The van der Waals surface area contributed by atoms with Gasteiger partial charge in [-0.05, 0) is 40.5 Å². The Kier molecular flexibility index (Phi) is 6.97. The van der Waals surface area contributed by atoms with Gasteiger partial charge in [0.05, 0.1) is 6.10 Å². The van der Waals surface area contributed by atoms with Crippen LogP contribution in [0.5, 0.6) is 0 Å². The van der Waals surface area contributed by atoms with Gasteiger partial charge in [0, 0.05) is 6.42 Å². The highest BCUT2D eigenvalue weighted by atomic mass is 16.3. The number of ketones is 1. The van der Waals surface area contributed by atoms with Crippen molar-refractivity contribution in [2.75, 3.05) is 0 Å². The van der Waals surface area contributed by atoms with Gasteiger partial charge >= 0.3 is 0 Å². The summed E-state index contributed by atoms with van der Waals surface area (Å²) >= 11 is 0. The van der Waals surface area contributed by atoms with Gasteiger partial charge in [0.25, 0.3) is 0 Å². The Labute approximate surface area is 92.7 Å². The van der Waals surface area contributed by atoms with Crippen molar-refractivity contribution in [2.24, 2.45) is 0 Å². The highest BCUT2D eigenvalue weighted by Crippen LogP contribution is 2.09. The standard InChI is InChI=1S/C13H22O2/c1-10(2)6-5-7-11(3)8-13(15)9-12(4)14/h6,8,13,15H,5,7,9H2,1-4H3. The topological polar surface area (TPSA) is 37.3 Å².